The summed E-state index contributed by atoms with van der Waals surface area (Å²) in [5.74, 6) is 0. The lowest BCUT2D eigenvalue weighted by Gasteiger charge is -2.13. The molecular formula is C17H21N3OS. The van der Waals surface area contributed by atoms with Gasteiger partial charge in [-0.3, -0.25) is 4.98 Å². The minimum absolute atomic E-state index is 0.162. The highest BCUT2D eigenvalue weighted by Gasteiger charge is 2.07. The van der Waals surface area contributed by atoms with Gasteiger partial charge in [-0.1, -0.05) is 31.2 Å². The van der Waals surface area contributed by atoms with Crippen LogP contribution >= 0.6 is 11.8 Å². The van der Waals surface area contributed by atoms with Gasteiger partial charge in [0.15, 0.2) is 0 Å². The van der Waals surface area contributed by atoms with Gasteiger partial charge in [0.25, 0.3) is 0 Å². The summed E-state index contributed by atoms with van der Waals surface area (Å²) < 4.78 is 0. The summed E-state index contributed by atoms with van der Waals surface area (Å²) in [7, 11) is 0. The maximum absolute atomic E-state index is 11.8. The highest BCUT2D eigenvalue weighted by molar-refractivity contribution is 8.00. The molecule has 4 nitrogen and oxygen atoms in total. The van der Waals surface area contributed by atoms with Crippen LogP contribution in [-0.2, 0) is 6.54 Å². The van der Waals surface area contributed by atoms with E-state index in [4.69, 9.17) is 0 Å². The molecule has 0 unspecified atom stereocenters. The van der Waals surface area contributed by atoms with Gasteiger partial charge in [-0.25, -0.2) is 4.79 Å². The summed E-state index contributed by atoms with van der Waals surface area (Å²) in [5, 5.41) is 6.04. The minimum atomic E-state index is -0.162. The Bertz CT molecular complexity index is 604. The van der Waals surface area contributed by atoms with E-state index in [2.05, 4.69) is 34.7 Å². The first-order chi connectivity index (χ1) is 10.6. The van der Waals surface area contributed by atoms with Crippen LogP contribution in [0.2, 0.25) is 0 Å². The average molecular weight is 315 g/mol. The topological polar surface area (TPSA) is 54.0 Å². The van der Waals surface area contributed by atoms with Gasteiger partial charge in [0.2, 0.25) is 0 Å². The van der Waals surface area contributed by atoms with Gasteiger partial charge in [0.1, 0.15) is 0 Å². The fourth-order valence-electron chi connectivity index (χ4n) is 1.94. The van der Waals surface area contributed by atoms with E-state index in [-0.39, 0.29) is 6.03 Å². The SMILES string of the molecule is Cc1cccnc1CNC(=O)NC[C@H](C)Sc1ccccc1. The molecule has 0 aliphatic heterocycles. The molecule has 0 spiro atoms. The lowest BCUT2D eigenvalue weighted by molar-refractivity contribution is 0.240. The van der Waals surface area contributed by atoms with Crippen LogP contribution < -0.4 is 10.6 Å². The van der Waals surface area contributed by atoms with E-state index in [9.17, 15) is 4.79 Å². The second kappa shape index (κ2) is 8.44. The largest absolute Gasteiger partial charge is 0.337 e. The Hall–Kier alpha value is -2.01. The van der Waals surface area contributed by atoms with Crippen LogP contribution in [0, 0.1) is 6.92 Å². The second-order valence-corrected chi connectivity index (χ2v) is 6.58. The molecular weight excluding hydrogens is 294 g/mol. The number of amides is 2. The van der Waals surface area contributed by atoms with Crippen molar-refractivity contribution in [3.8, 4) is 0 Å². The summed E-state index contributed by atoms with van der Waals surface area (Å²) in [6, 6.07) is 13.9. The maximum Gasteiger partial charge on any atom is 0.315 e. The van der Waals surface area contributed by atoms with Gasteiger partial charge in [0, 0.05) is 22.9 Å². The van der Waals surface area contributed by atoms with Crippen molar-refractivity contribution in [2.24, 2.45) is 0 Å². The Kier molecular flexibility index (Phi) is 6.27. The number of nitrogens with one attached hydrogen (secondary N) is 2. The molecule has 22 heavy (non-hydrogen) atoms. The van der Waals surface area contributed by atoms with Crippen molar-refractivity contribution in [2.45, 2.75) is 30.5 Å². The molecule has 1 heterocycles. The van der Waals surface area contributed by atoms with E-state index in [0.717, 1.165) is 11.3 Å². The molecule has 2 amide bonds. The lowest BCUT2D eigenvalue weighted by atomic mass is 10.2. The van der Waals surface area contributed by atoms with E-state index < -0.39 is 0 Å². The predicted octanol–water partition coefficient (Wildman–Crippen LogP) is 3.37. The molecule has 1 aromatic heterocycles. The van der Waals surface area contributed by atoms with E-state index in [0.29, 0.717) is 18.3 Å². The molecule has 2 aromatic rings. The molecule has 0 saturated carbocycles. The highest BCUT2D eigenvalue weighted by Crippen LogP contribution is 2.21. The van der Waals surface area contributed by atoms with Crippen molar-refractivity contribution in [3.05, 3.63) is 59.9 Å². The number of aryl methyl sites for hydroxylation is 1. The van der Waals surface area contributed by atoms with Gasteiger partial charge >= 0.3 is 6.03 Å². The first-order valence-corrected chi connectivity index (χ1v) is 8.17. The number of nitrogens with zero attached hydrogens (tertiary/aromatic N) is 1. The summed E-state index contributed by atoms with van der Waals surface area (Å²) in [6.45, 7) is 5.15. The monoisotopic (exact) mass is 315 g/mol. The molecule has 2 rings (SSSR count). The Morgan fingerprint density at radius 1 is 1.18 bits per heavy atom. The van der Waals surface area contributed by atoms with Crippen molar-refractivity contribution in [1.82, 2.24) is 15.6 Å². The van der Waals surface area contributed by atoms with Gasteiger partial charge in [-0.05, 0) is 30.7 Å². The first kappa shape index (κ1) is 16.4. The van der Waals surface area contributed by atoms with Gasteiger partial charge in [-0.15, -0.1) is 11.8 Å². The predicted molar refractivity (Wildman–Crippen MR) is 91.0 cm³/mol. The van der Waals surface area contributed by atoms with Crippen LogP contribution in [0.5, 0.6) is 0 Å². The van der Waals surface area contributed by atoms with Crippen LogP contribution in [-0.4, -0.2) is 22.8 Å². The number of thioether (sulfide) groups is 1. The minimum Gasteiger partial charge on any atom is -0.337 e. The number of carbonyl (C=O) groups is 1. The van der Waals surface area contributed by atoms with Crippen LogP contribution in [0.25, 0.3) is 0 Å². The molecule has 1 aromatic carbocycles. The highest BCUT2D eigenvalue weighted by atomic mass is 32.2. The molecule has 0 aliphatic rings. The smallest absolute Gasteiger partial charge is 0.315 e. The number of aromatic nitrogens is 1. The molecule has 0 bridgehead atoms. The zero-order valence-electron chi connectivity index (χ0n) is 12.9. The number of rotatable bonds is 6. The molecule has 5 heteroatoms. The summed E-state index contributed by atoms with van der Waals surface area (Å²) in [5.41, 5.74) is 1.97. The Labute approximate surface area is 135 Å². The van der Waals surface area contributed by atoms with E-state index in [1.807, 2.05) is 37.3 Å². The molecule has 0 fully saturated rings. The molecule has 2 N–H and O–H groups in total. The molecule has 0 aliphatic carbocycles. The normalized spacial score (nSPS) is 11.7. The fourth-order valence-corrected chi connectivity index (χ4v) is 2.88. The first-order valence-electron chi connectivity index (χ1n) is 7.29. The summed E-state index contributed by atoms with van der Waals surface area (Å²) in [4.78, 5) is 17.3. The van der Waals surface area contributed by atoms with Crippen LogP contribution in [0.4, 0.5) is 4.79 Å². The summed E-state index contributed by atoms with van der Waals surface area (Å²) in [6.07, 6.45) is 1.74. The van der Waals surface area contributed by atoms with Crippen molar-refractivity contribution >= 4 is 17.8 Å². The zero-order valence-corrected chi connectivity index (χ0v) is 13.7. The Morgan fingerprint density at radius 2 is 1.95 bits per heavy atom. The number of carbonyl (C=O) groups excluding carboxylic acids is 1. The molecule has 116 valence electrons. The summed E-state index contributed by atoms with van der Waals surface area (Å²) >= 11 is 1.75. The fraction of sp³-hybridized carbons (Fsp3) is 0.294. The third kappa shape index (κ3) is 5.41. The number of urea groups is 1. The van der Waals surface area contributed by atoms with Crippen molar-refractivity contribution < 1.29 is 4.79 Å². The van der Waals surface area contributed by atoms with E-state index in [1.165, 1.54) is 4.90 Å². The van der Waals surface area contributed by atoms with Gasteiger partial charge < -0.3 is 10.6 Å². The quantitative estimate of drug-likeness (QED) is 0.804. The average Bonchev–Trinajstić information content (AvgIpc) is 2.53. The van der Waals surface area contributed by atoms with Crippen molar-refractivity contribution in [1.29, 1.82) is 0 Å². The third-order valence-corrected chi connectivity index (χ3v) is 4.28. The Balaban J connectivity index is 1.70. The van der Waals surface area contributed by atoms with Crippen LogP contribution in [0.3, 0.4) is 0 Å². The Morgan fingerprint density at radius 3 is 2.68 bits per heavy atom. The number of pyridine rings is 1. The van der Waals surface area contributed by atoms with Gasteiger partial charge in [0.05, 0.1) is 12.2 Å². The third-order valence-electron chi connectivity index (χ3n) is 3.16. The molecule has 1 atom stereocenters. The second-order valence-electron chi connectivity index (χ2n) is 5.07. The van der Waals surface area contributed by atoms with Gasteiger partial charge in [-0.2, -0.15) is 0 Å². The molecule has 0 radical (unpaired) electrons. The molecule has 0 saturated heterocycles. The van der Waals surface area contributed by atoms with Crippen LogP contribution in [0.1, 0.15) is 18.2 Å². The van der Waals surface area contributed by atoms with E-state index in [1.54, 1.807) is 18.0 Å². The number of benzene rings is 1. The number of hydrogen-bond acceptors (Lipinski definition) is 3. The van der Waals surface area contributed by atoms with Crippen LogP contribution in [0.15, 0.2) is 53.6 Å². The van der Waals surface area contributed by atoms with Crippen molar-refractivity contribution in [3.63, 3.8) is 0 Å². The number of hydrogen-bond donors (Lipinski definition) is 2. The standard InChI is InChI=1S/C17H21N3OS/c1-13-7-6-10-18-16(13)12-20-17(21)19-11-14(2)22-15-8-4-3-5-9-15/h3-10,14H,11-12H2,1-2H3,(H2,19,20,21)/t14-/m0/s1. The zero-order chi connectivity index (χ0) is 15.8. The maximum atomic E-state index is 11.8. The van der Waals surface area contributed by atoms with E-state index >= 15 is 0 Å². The van der Waals surface area contributed by atoms with Crippen molar-refractivity contribution in [2.75, 3.05) is 6.54 Å². The lowest BCUT2D eigenvalue weighted by Crippen LogP contribution is -2.38.